The molecule has 2 unspecified atom stereocenters. The predicted molar refractivity (Wildman–Crippen MR) is 62.4 cm³/mol. The normalized spacial score (nSPS) is 24.1. The second-order valence-electron chi connectivity index (χ2n) is 4.45. The van der Waals surface area contributed by atoms with E-state index in [1.807, 2.05) is 31.2 Å². The number of carboxylic acid groups (broad SMARTS) is 1. The molecule has 1 saturated heterocycles. The molecule has 1 N–H and O–H groups in total. The van der Waals surface area contributed by atoms with Gasteiger partial charge in [-0.05, 0) is 18.1 Å². The van der Waals surface area contributed by atoms with Gasteiger partial charge in [0.25, 0.3) is 0 Å². The van der Waals surface area contributed by atoms with E-state index in [1.165, 1.54) is 0 Å². The number of aryl methyl sites for hydroxylation is 1. The Morgan fingerprint density at radius 2 is 2.06 bits per heavy atom. The molecule has 0 bridgehead atoms. The zero-order valence-corrected chi connectivity index (χ0v) is 9.88. The van der Waals surface area contributed by atoms with Crippen molar-refractivity contribution >= 4 is 11.9 Å². The standard InChI is InChI=1S/C13H15NO3/c1-8-5-3-4-6-9(8)12-10(13(16)17)7-11(15)14(12)2/h3-6,10,12H,7H2,1-2H3,(H,16,17). The molecule has 4 heteroatoms. The van der Waals surface area contributed by atoms with Gasteiger partial charge in [0, 0.05) is 13.5 Å². The molecular weight excluding hydrogens is 218 g/mol. The number of likely N-dealkylation sites (tertiary alicyclic amines) is 1. The zero-order valence-electron chi connectivity index (χ0n) is 9.88. The molecule has 1 fully saturated rings. The first-order valence-corrected chi connectivity index (χ1v) is 5.56. The van der Waals surface area contributed by atoms with Crippen LogP contribution in [0, 0.1) is 12.8 Å². The molecule has 17 heavy (non-hydrogen) atoms. The van der Waals surface area contributed by atoms with E-state index in [0.717, 1.165) is 11.1 Å². The molecule has 1 aliphatic rings. The number of carboxylic acids is 1. The second-order valence-corrected chi connectivity index (χ2v) is 4.45. The number of nitrogens with zero attached hydrogens (tertiary/aromatic N) is 1. The molecule has 90 valence electrons. The van der Waals surface area contributed by atoms with Crippen LogP contribution < -0.4 is 0 Å². The number of amides is 1. The van der Waals surface area contributed by atoms with E-state index in [-0.39, 0.29) is 18.4 Å². The third kappa shape index (κ3) is 1.90. The summed E-state index contributed by atoms with van der Waals surface area (Å²) in [6.07, 6.45) is 0.0881. The highest BCUT2D eigenvalue weighted by Gasteiger charge is 2.43. The summed E-state index contributed by atoms with van der Waals surface area (Å²) in [6.45, 7) is 1.94. The lowest BCUT2D eigenvalue weighted by Crippen LogP contribution is -2.27. The van der Waals surface area contributed by atoms with E-state index < -0.39 is 11.9 Å². The van der Waals surface area contributed by atoms with Gasteiger partial charge < -0.3 is 10.0 Å². The SMILES string of the molecule is Cc1ccccc1C1C(C(=O)O)CC(=O)N1C. The molecule has 1 aromatic carbocycles. The minimum atomic E-state index is -0.907. The molecule has 1 aliphatic heterocycles. The second kappa shape index (κ2) is 4.20. The fourth-order valence-corrected chi connectivity index (χ4v) is 2.44. The fourth-order valence-electron chi connectivity index (χ4n) is 2.44. The molecule has 0 radical (unpaired) electrons. The van der Waals surface area contributed by atoms with Crippen molar-refractivity contribution in [2.75, 3.05) is 7.05 Å². The van der Waals surface area contributed by atoms with Crippen molar-refractivity contribution in [3.63, 3.8) is 0 Å². The number of carbonyl (C=O) groups excluding carboxylic acids is 1. The highest BCUT2D eigenvalue weighted by molar-refractivity contribution is 5.87. The maximum Gasteiger partial charge on any atom is 0.309 e. The van der Waals surface area contributed by atoms with Gasteiger partial charge in [0.15, 0.2) is 0 Å². The zero-order chi connectivity index (χ0) is 12.6. The number of hydrogen-bond acceptors (Lipinski definition) is 2. The van der Waals surface area contributed by atoms with Gasteiger partial charge >= 0.3 is 5.97 Å². The summed E-state index contributed by atoms with van der Waals surface area (Å²) in [5, 5.41) is 9.19. The summed E-state index contributed by atoms with van der Waals surface area (Å²) in [5.74, 6) is -1.66. The quantitative estimate of drug-likeness (QED) is 0.844. The lowest BCUT2D eigenvalue weighted by molar-refractivity contribution is -0.142. The van der Waals surface area contributed by atoms with Crippen LogP contribution in [-0.2, 0) is 9.59 Å². The van der Waals surface area contributed by atoms with Gasteiger partial charge in [-0.25, -0.2) is 0 Å². The molecular formula is C13H15NO3. The maximum absolute atomic E-state index is 11.6. The van der Waals surface area contributed by atoms with Crippen LogP contribution in [0.3, 0.4) is 0 Å². The Morgan fingerprint density at radius 1 is 1.41 bits per heavy atom. The largest absolute Gasteiger partial charge is 0.481 e. The Bertz CT molecular complexity index is 469. The smallest absolute Gasteiger partial charge is 0.309 e. The monoisotopic (exact) mass is 233 g/mol. The van der Waals surface area contributed by atoms with Crippen molar-refractivity contribution < 1.29 is 14.7 Å². The molecule has 1 amide bonds. The minimum Gasteiger partial charge on any atom is -0.481 e. The number of benzene rings is 1. The number of rotatable bonds is 2. The molecule has 0 spiro atoms. The molecule has 4 nitrogen and oxygen atoms in total. The Balaban J connectivity index is 2.44. The van der Waals surface area contributed by atoms with Gasteiger partial charge in [-0.2, -0.15) is 0 Å². The van der Waals surface area contributed by atoms with Gasteiger partial charge in [-0.15, -0.1) is 0 Å². The van der Waals surface area contributed by atoms with Crippen LogP contribution in [0.25, 0.3) is 0 Å². The molecule has 1 aromatic rings. The molecule has 1 heterocycles. The predicted octanol–water partition coefficient (Wildman–Crippen LogP) is 1.60. The van der Waals surface area contributed by atoms with E-state index in [0.29, 0.717) is 0 Å². The van der Waals surface area contributed by atoms with Crippen LogP contribution >= 0.6 is 0 Å². The lowest BCUT2D eigenvalue weighted by Gasteiger charge is -2.24. The first-order valence-electron chi connectivity index (χ1n) is 5.56. The van der Waals surface area contributed by atoms with Crippen molar-refractivity contribution in [2.45, 2.75) is 19.4 Å². The van der Waals surface area contributed by atoms with Crippen LogP contribution in [0.15, 0.2) is 24.3 Å². The van der Waals surface area contributed by atoms with Gasteiger partial charge in [-0.1, -0.05) is 24.3 Å². The summed E-state index contributed by atoms with van der Waals surface area (Å²) < 4.78 is 0. The highest BCUT2D eigenvalue weighted by Crippen LogP contribution is 2.38. The summed E-state index contributed by atoms with van der Waals surface area (Å²) in [4.78, 5) is 24.4. The summed E-state index contributed by atoms with van der Waals surface area (Å²) in [5.41, 5.74) is 1.94. The Morgan fingerprint density at radius 3 is 2.65 bits per heavy atom. The van der Waals surface area contributed by atoms with Crippen LogP contribution in [-0.4, -0.2) is 28.9 Å². The van der Waals surface area contributed by atoms with Gasteiger partial charge in [0.1, 0.15) is 0 Å². The van der Waals surface area contributed by atoms with E-state index in [4.69, 9.17) is 0 Å². The first-order chi connectivity index (χ1) is 8.02. The average molecular weight is 233 g/mol. The molecule has 2 atom stereocenters. The average Bonchev–Trinajstić information content (AvgIpc) is 2.57. The number of hydrogen-bond donors (Lipinski definition) is 1. The topological polar surface area (TPSA) is 57.6 Å². The number of carbonyl (C=O) groups is 2. The van der Waals surface area contributed by atoms with Crippen LogP contribution in [0.4, 0.5) is 0 Å². The van der Waals surface area contributed by atoms with Crippen molar-refractivity contribution in [1.82, 2.24) is 4.90 Å². The van der Waals surface area contributed by atoms with Crippen molar-refractivity contribution in [2.24, 2.45) is 5.92 Å². The van der Waals surface area contributed by atoms with Gasteiger partial charge in [0.05, 0.1) is 12.0 Å². The van der Waals surface area contributed by atoms with E-state index in [1.54, 1.807) is 11.9 Å². The number of aliphatic carboxylic acids is 1. The van der Waals surface area contributed by atoms with E-state index >= 15 is 0 Å². The highest BCUT2D eigenvalue weighted by atomic mass is 16.4. The summed E-state index contributed by atoms with van der Waals surface area (Å²) >= 11 is 0. The van der Waals surface area contributed by atoms with Crippen molar-refractivity contribution in [3.05, 3.63) is 35.4 Å². The van der Waals surface area contributed by atoms with Crippen LogP contribution in [0.1, 0.15) is 23.6 Å². The summed E-state index contributed by atoms with van der Waals surface area (Å²) in [6, 6.07) is 7.26. The molecule has 0 aliphatic carbocycles. The van der Waals surface area contributed by atoms with Gasteiger partial charge in [0.2, 0.25) is 5.91 Å². The van der Waals surface area contributed by atoms with Crippen LogP contribution in [0.2, 0.25) is 0 Å². The van der Waals surface area contributed by atoms with Crippen molar-refractivity contribution in [3.8, 4) is 0 Å². The fraction of sp³-hybridized carbons (Fsp3) is 0.385. The molecule has 0 aromatic heterocycles. The van der Waals surface area contributed by atoms with Crippen LogP contribution in [0.5, 0.6) is 0 Å². The summed E-state index contributed by atoms with van der Waals surface area (Å²) in [7, 11) is 1.67. The van der Waals surface area contributed by atoms with E-state index in [9.17, 15) is 14.7 Å². The third-order valence-corrected chi connectivity index (χ3v) is 3.41. The third-order valence-electron chi connectivity index (χ3n) is 3.41. The minimum absolute atomic E-state index is 0.0881. The van der Waals surface area contributed by atoms with Gasteiger partial charge in [-0.3, -0.25) is 9.59 Å². The Kier molecular flexibility index (Phi) is 2.88. The van der Waals surface area contributed by atoms with Crippen molar-refractivity contribution in [1.29, 1.82) is 0 Å². The first kappa shape index (κ1) is 11.6. The lowest BCUT2D eigenvalue weighted by atomic mass is 9.91. The Hall–Kier alpha value is -1.84. The Labute approximate surface area is 99.9 Å². The molecule has 0 saturated carbocycles. The van der Waals surface area contributed by atoms with E-state index in [2.05, 4.69) is 0 Å². The molecule has 2 rings (SSSR count). The maximum atomic E-state index is 11.6.